The monoisotopic (exact) mass is 281 g/mol. The van der Waals surface area contributed by atoms with Gasteiger partial charge in [-0.1, -0.05) is 19.3 Å². The molecule has 19 heavy (non-hydrogen) atoms. The molecule has 0 aromatic rings. The van der Waals surface area contributed by atoms with Crippen LogP contribution in [0.15, 0.2) is 0 Å². The predicted octanol–water partition coefficient (Wildman–Crippen LogP) is 2.36. The van der Waals surface area contributed by atoms with Crippen molar-refractivity contribution >= 4 is 17.3 Å². The van der Waals surface area contributed by atoms with Crippen LogP contribution in [0.3, 0.4) is 0 Å². The van der Waals surface area contributed by atoms with Crippen molar-refractivity contribution in [3.8, 4) is 0 Å². The molecule has 0 aromatic carbocycles. The highest BCUT2D eigenvalue weighted by molar-refractivity contribution is 7.80. The van der Waals surface area contributed by atoms with Crippen LogP contribution in [-0.2, 0) is 0 Å². The molecule has 0 spiro atoms. The molecule has 108 valence electrons. The lowest BCUT2D eigenvalue weighted by molar-refractivity contribution is 0.249. The summed E-state index contributed by atoms with van der Waals surface area (Å²) in [5, 5.41) is 4.63. The highest BCUT2D eigenvalue weighted by Gasteiger charge is 2.30. The van der Waals surface area contributed by atoms with E-state index in [2.05, 4.69) is 15.1 Å². The zero-order valence-electron chi connectivity index (χ0n) is 11.9. The zero-order valence-corrected chi connectivity index (χ0v) is 12.8. The minimum absolute atomic E-state index is 0.645. The normalized spacial score (nSPS) is 29.9. The molecule has 2 aliphatic heterocycles. The predicted molar refractivity (Wildman–Crippen MR) is 83.4 cm³/mol. The molecule has 0 amide bonds. The molecule has 1 N–H and O–H groups in total. The van der Waals surface area contributed by atoms with Gasteiger partial charge in [-0.15, -0.1) is 0 Å². The van der Waals surface area contributed by atoms with Crippen LogP contribution in [0.5, 0.6) is 0 Å². The first kappa shape index (κ1) is 13.6. The number of rotatable bonds is 2. The molecule has 2 saturated heterocycles. The molecular weight excluding hydrogens is 254 g/mol. The summed E-state index contributed by atoms with van der Waals surface area (Å²) >= 11 is 5.62. The Bertz CT molecular complexity index is 309. The summed E-state index contributed by atoms with van der Waals surface area (Å²) in [5.41, 5.74) is 0. The molecule has 0 bridgehead atoms. The number of nitrogens with one attached hydrogen (secondary N) is 1. The van der Waals surface area contributed by atoms with E-state index in [-0.39, 0.29) is 0 Å². The largest absolute Gasteiger partial charge is 0.360 e. The summed E-state index contributed by atoms with van der Waals surface area (Å²) in [4.78, 5) is 5.08. The van der Waals surface area contributed by atoms with Gasteiger partial charge in [0.15, 0.2) is 5.11 Å². The second kappa shape index (κ2) is 6.40. The van der Waals surface area contributed by atoms with E-state index in [0.717, 1.165) is 24.2 Å². The minimum atomic E-state index is 0.645. The van der Waals surface area contributed by atoms with E-state index in [9.17, 15) is 0 Å². The standard InChI is InChI=1S/C15H27N3S/c19-15(16-13-6-2-1-3-7-13)18-11-8-14(12-18)17-9-4-5-10-17/h13-14H,1-12H2,(H,16,19). The number of nitrogens with zero attached hydrogens (tertiary/aromatic N) is 2. The van der Waals surface area contributed by atoms with E-state index >= 15 is 0 Å². The molecular formula is C15H27N3S. The van der Waals surface area contributed by atoms with Gasteiger partial charge >= 0.3 is 0 Å². The first-order chi connectivity index (χ1) is 9.33. The molecule has 3 fully saturated rings. The van der Waals surface area contributed by atoms with Gasteiger partial charge in [-0.2, -0.15) is 0 Å². The lowest BCUT2D eigenvalue weighted by atomic mass is 9.96. The van der Waals surface area contributed by atoms with Gasteiger partial charge in [-0.3, -0.25) is 4.90 Å². The van der Waals surface area contributed by atoms with Gasteiger partial charge in [0.1, 0.15) is 0 Å². The van der Waals surface area contributed by atoms with Gasteiger partial charge in [0, 0.05) is 25.2 Å². The molecule has 3 nitrogen and oxygen atoms in total. The van der Waals surface area contributed by atoms with E-state index in [0.29, 0.717) is 6.04 Å². The fourth-order valence-corrected chi connectivity index (χ4v) is 4.18. The first-order valence-electron chi connectivity index (χ1n) is 8.12. The van der Waals surface area contributed by atoms with Crippen LogP contribution < -0.4 is 5.32 Å². The van der Waals surface area contributed by atoms with Crippen molar-refractivity contribution in [1.29, 1.82) is 0 Å². The third-order valence-electron chi connectivity index (χ3n) is 5.04. The van der Waals surface area contributed by atoms with Crippen LogP contribution in [0.1, 0.15) is 51.4 Å². The average Bonchev–Trinajstić information content (AvgIpc) is 3.11. The molecule has 0 radical (unpaired) electrons. The van der Waals surface area contributed by atoms with Crippen molar-refractivity contribution in [2.45, 2.75) is 63.5 Å². The molecule has 3 rings (SSSR count). The summed E-state index contributed by atoms with van der Waals surface area (Å²) in [6, 6.07) is 1.40. The van der Waals surface area contributed by atoms with Crippen LogP contribution >= 0.6 is 12.2 Å². The second-order valence-electron chi connectivity index (χ2n) is 6.42. The number of likely N-dealkylation sites (tertiary alicyclic amines) is 2. The fourth-order valence-electron chi connectivity index (χ4n) is 3.84. The van der Waals surface area contributed by atoms with Gasteiger partial charge in [-0.25, -0.2) is 0 Å². The van der Waals surface area contributed by atoms with Crippen molar-refractivity contribution in [3.05, 3.63) is 0 Å². The summed E-state index contributed by atoms with van der Waals surface area (Å²) in [5.74, 6) is 0. The minimum Gasteiger partial charge on any atom is -0.360 e. The van der Waals surface area contributed by atoms with E-state index in [1.54, 1.807) is 0 Å². The van der Waals surface area contributed by atoms with Gasteiger partial charge in [0.25, 0.3) is 0 Å². The summed E-state index contributed by atoms with van der Waals surface area (Å²) in [6.07, 6.45) is 10.8. The zero-order chi connectivity index (χ0) is 13.1. The van der Waals surface area contributed by atoms with Gasteiger partial charge in [0.05, 0.1) is 0 Å². The Kier molecular flexibility index (Phi) is 4.59. The third-order valence-corrected chi connectivity index (χ3v) is 5.42. The number of hydrogen-bond acceptors (Lipinski definition) is 2. The average molecular weight is 281 g/mol. The number of hydrogen-bond donors (Lipinski definition) is 1. The Morgan fingerprint density at radius 2 is 1.63 bits per heavy atom. The molecule has 2 heterocycles. The Hall–Kier alpha value is -0.350. The molecule has 1 aliphatic carbocycles. The smallest absolute Gasteiger partial charge is 0.169 e. The summed E-state index contributed by atoms with van der Waals surface area (Å²) in [7, 11) is 0. The van der Waals surface area contributed by atoms with Crippen molar-refractivity contribution < 1.29 is 0 Å². The Morgan fingerprint density at radius 1 is 0.895 bits per heavy atom. The van der Waals surface area contributed by atoms with Crippen LogP contribution in [0.4, 0.5) is 0 Å². The van der Waals surface area contributed by atoms with Crippen molar-refractivity contribution in [2.24, 2.45) is 0 Å². The van der Waals surface area contributed by atoms with Crippen LogP contribution in [-0.4, -0.2) is 53.2 Å². The highest BCUT2D eigenvalue weighted by atomic mass is 32.1. The Labute approximate surface area is 122 Å². The topological polar surface area (TPSA) is 18.5 Å². The first-order valence-corrected chi connectivity index (χ1v) is 8.53. The quantitative estimate of drug-likeness (QED) is 0.783. The molecule has 1 atom stereocenters. The molecule has 4 heteroatoms. The van der Waals surface area contributed by atoms with E-state index in [1.165, 1.54) is 64.5 Å². The Morgan fingerprint density at radius 3 is 2.37 bits per heavy atom. The summed E-state index contributed by atoms with van der Waals surface area (Å²) < 4.78 is 0. The fraction of sp³-hybridized carbons (Fsp3) is 0.933. The molecule has 1 unspecified atom stereocenters. The van der Waals surface area contributed by atoms with E-state index in [1.807, 2.05) is 0 Å². The van der Waals surface area contributed by atoms with Crippen LogP contribution in [0, 0.1) is 0 Å². The van der Waals surface area contributed by atoms with Gasteiger partial charge in [-0.05, 0) is 57.4 Å². The van der Waals surface area contributed by atoms with Crippen molar-refractivity contribution in [3.63, 3.8) is 0 Å². The van der Waals surface area contributed by atoms with E-state index < -0.39 is 0 Å². The van der Waals surface area contributed by atoms with E-state index in [4.69, 9.17) is 12.2 Å². The molecule has 3 aliphatic rings. The maximum Gasteiger partial charge on any atom is 0.169 e. The number of thiocarbonyl (C=S) groups is 1. The lowest BCUT2D eigenvalue weighted by Gasteiger charge is -2.29. The molecule has 0 aromatic heterocycles. The van der Waals surface area contributed by atoms with Crippen LogP contribution in [0.25, 0.3) is 0 Å². The van der Waals surface area contributed by atoms with Gasteiger partial charge < -0.3 is 10.2 Å². The Balaban J connectivity index is 1.45. The van der Waals surface area contributed by atoms with Crippen molar-refractivity contribution in [1.82, 2.24) is 15.1 Å². The second-order valence-corrected chi connectivity index (χ2v) is 6.80. The maximum absolute atomic E-state index is 5.62. The SMILES string of the molecule is S=C(NC1CCCCC1)N1CCC(N2CCCC2)C1. The third kappa shape index (κ3) is 3.40. The van der Waals surface area contributed by atoms with Crippen molar-refractivity contribution in [2.75, 3.05) is 26.2 Å². The molecule has 1 saturated carbocycles. The summed E-state index contributed by atoms with van der Waals surface area (Å²) in [6.45, 7) is 4.92. The maximum atomic E-state index is 5.62. The van der Waals surface area contributed by atoms with Crippen LogP contribution in [0.2, 0.25) is 0 Å². The van der Waals surface area contributed by atoms with Gasteiger partial charge in [0.2, 0.25) is 0 Å². The highest BCUT2D eigenvalue weighted by Crippen LogP contribution is 2.22. The lowest BCUT2D eigenvalue weighted by Crippen LogP contribution is -2.45.